The molecule has 3 rings (SSSR count). The molecular weight excluding hydrogens is 342 g/mol. The molecule has 0 fully saturated rings. The van der Waals surface area contributed by atoms with Crippen LogP contribution in [0, 0.1) is 0 Å². The Bertz CT molecular complexity index is 934. The molecule has 5 heteroatoms. The van der Waals surface area contributed by atoms with Gasteiger partial charge in [-0.2, -0.15) is 0 Å². The van der Waals surface area contributed by atoms with Gasteiger partial charge in [0.15, 0.2) is 5.75 Å². The summed E-state index contributed by atoms with van der Waals surface area (Å²) in [6.45, 7) is 3.02. The molecule has 27 heavy (non-hydrogen) atoms. The summed E-state index contributed by atoms with van der Waals surface area (Å²) in [6, 6.07) is 14.8. The number of unbranched alkanes of at least 4 members (excludes halogenated alkanes) is 3. The Morgan fingerprint density at radius 3 is 2.59 bits per heavy atom. The Balaban J connectivity index is 1.74. The maximum absolute atomic E-state index is 12.3. The van der Waals surface area contributed by atoms with E-state index >= 15 is 0 Å². The standard InChI is InChI=1S/C22H25NO4/c1-2-3-4-8-13-26-17-11-12-18-19(14-17)23-22(25)21(20(18)24)27-15-16-9-6-5-7-10-16/h5-7,9-12,14H,2-4,8,13,15H2,1H3,(H2,23,24,25). The van der Waals surface area contributed by atoms with Crippen molar-refractivity contribution in [1.82, 2.24) is 4.98 Å². The topological polar surface area (TPSA) is 71.5 Å². The Kier molecular flexibility index (Phi) is 6.36. The highest BCUT2D eigenvalue weighted by molar-refractivity contribution is 5.87. The lowest BCUT2D eigenvalue weighted by Gasteiger charge is -2.11. The molecule has 0 aliphatic carbocycles. The number of pyridine rings is 1. The van der Waals surface area contributed by atoms with Gasteiger partial charge in [-0.05, 0) is 24.1 Å². The normalized spacial score (nSPS) is 10.9. The van der Waals surface area contributed by atoms with Crippen LogP contribution in [0.15, 0.2) is 53.3 Å². The van der Waals surface area contributed by atoms with Gasteiger partial charge in [0.2, 0.25) is 5.75 Å². The van der Waals surface area contributed by atoms with Crippen LogP contribution in [0.25, 0.3) is 10.9 Å². The minimum atomic E-state index is -0.462. The number of nitrogens with one attached hydrogen (secondary N) is 1. The number of fused-ring (bicyclic) bond motifs is 1. The van der Waals surface area contributed by atoms with Crippen molar-refractivity contribution in [2.45, 2.75) is 39.2 Å². The molecule has 0 atom stereocenters. The van der Waals surface area contributed by atoms with Crippen molar-refractivity contribution < 1.29 is 14.6 Å². The fourth-order valence-electron chi connectivity index (χ4n) is 2.91. The van der Waals surface area contributed by atoms with Crippen molar-refractivity contribution in [2.24, 2.45) is 0 Å². The van der Waals surface area contributed by atoms with Gasteiger partial charge in [-0.1, -0.05) is 56.5 Å². The molecule has 0 aliphatic rings. The molecule has 3 aromatic rings. The first-order chi connectivity index (χ1) is 13.2. The summed E-state index contributed by atoms with van der Waals surface area (Å²) in [6.07, 6.45) is 4.53. The maximum Gasteiger partial charge on any atom is 0.294 e. The zero-order valence-electron chi connectivity index (χ0n) is 15.5. The number of rotatable bonds is 9. The van der Waals surface area contributed by atoms with Crippen LogP contribution in [-0.2, 0) is 6.61 Å². The van der Waals surface area contributed by atoms with E-state index in [1.807, 2.05) is 30.3 Å². The van der Waals surface area contributed by atoms with E-state index in [0.29, 0.717) is 23.3 Å². The fraction of sp³-hybridized carbons (Fsp3) is 0.318. The first-order valence-corrected chi connectivity index (χ1v) is 9.37. The minimum absolute atomic E-state index is 0.0698. The molecule has 0 unspecified atom stereocenters. The highest BCUT2D eigenvalue weighted by Gasteiger charge is 2.14. The molecule has 0 spiro atoms. The Morgan fingerprint density at radius 1 is 1.00 bits per heavy atom. The van der Waals surface area contributed by atoms with Crippen molar-refractivity contribution in [2.75, 3.05) is 6.61 Å². The summed E-state index contributed by atoms with van der Waals surface area (Å²) in [5, 5.41) is 11.0. The van der Waals surface area contributed by atoms with Crippen LogP contribution in [0.5, 0.6) is 17.2 Å². The van der Waals surface area contributed by atoms with Crippen molar-refractivity contribution in [1.29, 1.82) is 0 Å². The second-order valence-corrected chi connectivity index (χ2v) is 6.52. The third-order valence-electron chi connectivity index (χ3n) is 4.41. The quantitative estimate of drug-likeness (QED) is 0.534. The van der Waals surface area contributed by atoms with Gasteiger partial charge in [0, 0.05) is 11.5 Å². The third kappa shape index (κ3) is 4.82. The summed E-state index contributed by atoms with van der Waals surface area (Å²) in [4.78, 5) is 15.1. The molecule has 0 amide bonds. The highest BCUT2D eigenvalue weighted by Crippen LogP contribution is 2.32. The number of benzene rings is 2. The third-order valence-corrected chi connectivity index (χ3v) is 4.41. The number of aromatic hydroxyl groups is 1. The molecule has 0 saturated carbocycles. The van der Waals surface area contributed by atoms with Crippen LogP contribution in [-0.4, -0.2) is 16.7 Å². The predicted molar refractivity (Wildman–Crippen MR) is 107 cm³/mol. The summed E-state index contributed by atoms with van der Waals surface area (Å²) in [5.74, 6) is 0.450. The molecule has 0 saturated heterocycles. The average Bonchev–Trinajstić information content (AvgIpc) is 2.68. The SMILES string of the molecule is CCCCCCOc1ccc2c(O)c(OCc3ccccc3)c(=O)[nH]c2c1. The lowest BCUT2D eigenvalue weighted by molar-refractivity contribution is 0.286. The zero-order valence-corrected chi connectivity index (χ0v) is 15.5. The Hall–Kier alpha value is -2.95. The lowest BCUT2D eigenvalue weighted by atomic mass is 10.2. The van der Waals surface area contributed by atoms with Gasteiger partial charge in [-0.3, -0.25) is 4.79 Å². The van der Waals surface area contributed by atoms with Gasteiger partial charge in [-0.15, -0.1) is 0 Å². The molecular formula is C22H25NO4. The first-order valence-electron chi connectivity index (χ1n) is 9.37. The van der Waals surface area contributed by atoms with E-state index in [0.717, 1.165) is 18.4 Å². The van der Waals surface area contributed by atoms with Gasteiger partial charge >= 0.3 is 0 Å². The number of hydrogen-bond acceptors (Lipinski definition) is 4. The van der Waals surface area contributed by atoms with E-state index in [1.165, 1.54) is 12.8 Å². The minimum Gasteiger partial charge on any atom is -0.504 e. The summed E-state index contributed by atoms with van der Waals surface area (Å²) < 4.78 is 11.3. The molecule has 142 valence electrons. The van der Waals surface area contributed by atoms with Gasteiger partial charge in [0.25, 0.3) is 5.56 Å². The van der Waals surface area contributed by atoms with E-state index in [2.05, 4.69) is 11.9 Å². The molecule has 2 aromatic carbocycles. The van der Waals surface area contributed by atoms with Crippen LogP contribution in [0.2, 0.25) is 0 Å². The second-order valence-electron chi connectivity index (χ2n) is 6.52. The summed E-state index contributed by atoms with van der Waals surface area (Å²) in [5.41, 5.74) is 0.981. The average molecular weight is 367 g/mol. The van der Waals surface area contributed by atoms with Crippen LogP contribution in [0.1, 0.15) is 38.2 Å². The summed E-state index contributed by atoms with van der Waals surface area (Å²) >= 11 is 0. The van der Waals surface area contributed by atoms with Crippen molar-refractivity contribution in [3.63, 3.8) is 0 Å². The first kappa shape index (κ1) is 18.8. The van der Waals surface area contributed by atoms with Crippen LogP contribution < -0.4 is 15.0 Å². The zero-order chi connectivity index (χ0) is 19.1. The maximum atomic E-state index is 12.3. The second kappa shape index (κ2) is 9.12. The smallest absolute Gasteiger partial charge is 0.294 e. The van der Waals surface area contributed by atoms with Gasteiger partial charge in [0.1, 0.15) is 12.4 Å². The molecule has 0 bridgehead atoms. The monoisotopic (exact) mass is 367 g/mol. The fourth-order valence-corrected chi connectivity index (χ4v) is 2.91. The van der Waals surface area contributed by atoms with Gasteiger partial charge in [-0.25, -0.2) is 0 Å². The number of ether oxygens (including phenoxy) is 2. The molecule has 0 aliphatic heterocycles. The van der Waals surface area contributed by atoms with Crippen molar-refractivity contribution in [3.8, 4) is 17.2 Å². The van der Waals surface area contributed by atoms with Gasteiger partial charge in [0.05, 0.1) is 12.1 Å². The molecule has 0 radical (unpaired) electrons. The molecule has 2 N–H and O–H groups in total. The van der Waals surface area contributed by atoms with E-state index in [4.69, 9.17) is 9.47 Å². The van der Waals surface area contributed by atoms with Crippen molar-refractivity contribution in [3.05, 3.63) is 64.4 Å². The predicted octanol–water partition coefficient (Wildman–Crippen LogP) is 4.77. The van der Waals surface area contributed by atoms with Crippen LogP contribution in [0.3, 0.4) is 0 Å². The number of aromatic nitrogens is 1. The highest BCUT2D eigenvalue weighted by atomic mass is 16.5. The number of aromatic amines is 1. The van der Waals surface area contributed by atoms with E-state index in [1.54, 1.807) is 18.2 Å². The van der Waals surface area contributed by atoms with Crippen molar-refractivity contribution >= 4 is 10.9 Å². The van der Waals surface area contributed by atoms with Gasteiger partial charge < -0.3 is 19.6 Å². The largest absolute Gasteiger partial charge is 0.504 e. The van der Waals surface area contributed by atoms with Crippen LogP contribution >= 0.6 is 0 Å². The lowest BCUT2D eigenvalue weighted by Crippen LogP contribution is -2.11. The molecule has 1 aromatic heterocycles. The van der Waals surface area contributed by atoms with E-state index < -0.39 is 5.56 Å². The number of H-pyrrole nitrogens is 1. The Labute approximate surface area is 158 Å². The summed E-state index contributed by atoms with van der Waals surface area (Å²) in [7, 11) is 0. The molecule has 1 heterocycles. The Morgan fingerprint density at radius 2 is 1.81 bits per heavy atom. The number of hydrogen-bond donors (Lipinski definition) is 2. The van der Waals surface area contributed by atoms with E-state index in [-0.39, 0.29) is 18.1 Å². The van der Waals surface area contributed by atoms with Crippen LogP contribution in [0.4, 0.5) is 0 Å². The molecule has 5 nitrogen and oxygen atoms in total. The van der Waals surface area contributed by atoms with E-state index in [9.17, 15) is 9.90 Å².